The van der Waals surface area contributed by atoms with Gasteiger partial charge in [0.1, 0.15) is 13.2 Å². The van der Waals surface area contributed by atoms with E-state index in [4.69, 9.17) is 18.9 Å². The van der Waals surface area contributed by atoms with Crippen LogP contribution in [0.5, 0.6) is 11.5 Å². The van der Waals surface area contributed by atoms with Gasteiger partial charge in [-0.25, -0.2) is 4.79 Å². The monoisotopic (exact) mass is 363 g/mol. The van der Waals surface area contributed by atoms with Crippen LogP contribution in [0.3, 0.4) is 0 Å². The summed E-state index contributed by atoms with van der Waals surface area (Å²) >= 11 is 0. The van der Waals surface area contributed by atoms with E-state index in [9.17, 15) is 4.79 Å². The average Bonchev–Trinajstić information content (AvgIpc) is 3.17. The molecule has 1 aromatic carbocycles. The minimum atomic E-state index is -0.235. The van der Waals surface area contributed by atoms with E-state index in [1.807, 2.05) is 12.1 Å². The first-order valence-electron chi connectivity index (χ1n) is 9.10. The first-order valence-corrected chi connectivity index (χ1v) is 9.10. The molecule has 26 heavy (non-hydrogen) atoms. The number of hydrogen-bond acceptors (Lipinski definition) is 6. The Balaban J connectivity index is 1.35. The SMILES string of the molecule is O=C(NCC1(N2CCOCC2)CCOC1)Nc1ccc2c(c1)OCCO2. The number of benzene rings is 1. The topological polar surface area (TPSA) is 81.3 Å². The Morgan fingerprint density at radius 3 is 2.62 bits per heavy atom. The normalized spacial score (nSPS) is 25.7. The van der Waals surface area contributed by atoms with Crippen LogP contribution in [0, 0.1) is 0 Å². The van der Waals surface area contributed by atoms with Crippen molar-refractivity contribution in [1.29, 1.82) is 0 Å². The van der Waals surface area contributed by atoms with Gasteiger partial charge in [0.2, 0.25) is 0 Å². The number of nitrogens with zero attached hydrogens (tertiary/aromatic N) is 1. The Morgan fingerprint density at radius 2 is 1.85 bits per heavy atom. The van der Waals surface area contributed by atoms with E-state index in [2.05, 4.69) is 15.5 Å². The molecular formula is C18H25N3O5. The van der Waals surface area contributed by atoms with E-state index in [1.165, 1.54) is 0 Å². The predicted molar refractivity (Wildman–Crippen MR) is 95.0 cm³/mol. The Bertz CT molecular complexity index is 642. The predicted octanol–water partition coefficient (Wildman–Crippen LogP) is 1.07. The molecule has 2 saturated heterocycles. The van der Waals surface area contributed by atoms with Gasteiger partial charge >= 0.3 is 6.03 Å². The third-order valence-corrected chi connectivity index (χ3v) is 5.14. The summed E-state index contributed by atoms with van der Waals surface area (Å²) in [6.07, 6.45) is 0.914. The van der Waals surface area contributed by atoms with Gasteiger partial charge in [0, 0.05) is 38.0 Å². The van der Waals surface area contributed by atoms with Gasteiger partial charge in [-0.15, -0.1) is 0 Å². The Labute approximate surface area is 152 Å². The maximum atomic E-state index is 12.4. The van der Waals surface area contributed by atoms with E-state index in [-0.39, 0.29) is 11.6 Å². The minimum absolute atomic E-state index is 0.145. The standard InChI is InChI=1S/C18H25N3O5/c22-17(20-14-1-2-15-16(11-14)26-10-9-25-15)19-12-18(3-6-24-13-18)21-4-7-23-8-5-21/h1-2,11H,3-10,12-13H2,(H2,19,20,22). The van der Waals surface area contributed by atoms with Crippen molar-refractivity contribution < 1.29 is 23.7 Å². The van der Waals surface area contributed by atoms with Gasteiger partial charge in [-0.3, -0.25) is 4.90 Å². The van der Waals surface area contributed by atoms with Gasteiger partial charge in [-0.2, -0.15) is 0 Å². The summed E-state index contributed by atoms with van der Waals surface area (Å²) in [4.78, 5) is 14.8. The van der Waals surface area contributed by atoms with Crippen molar-refractivity contribution in [3.05, 3.63) is 18.2 Å². The summed E-state index contributed by atoms with van der Waals surface area (Å²) < 4.78 is 22.1. The third-order valence-electron chi connectivity index (χ3n) is 5.14. The number of ether oxygens (including phenoxy) is 4. The first kappa shape index (κ1) is 17.4. The molecule has 0 radical (unpaired) electrons. The van der Waals surface area contributed by atoms with Crippen molar-refractivity contribution in [3.8, 4) is 11.5 Å². The molecule has 1 aromatic rings. The van der Waals surface area contributed by atoms with Crippen LogP contribution in [0.2, 0.25) is 0 Å². The third kappa shape index (κ3) is 3.72. The van der Waals surface area contributed by atoms with E-state index in [0.717, 1.165) is 39.3 Å². The molecular weight excluding hydrogens is 338 g/mol. The zero-order valence-electron chi connectivity index (χ0n) is 14.8. The second-order valence-electron chi connectivity index (χ2n) is 6.79. The molecule has 0 saturated carbocycles. The van der Waals surface area contributed by atoms with Crippen molar-refractivity contribution in [2.24, 2.45) is 0 Å². The van der Waals surface area contributed by atoms with Crippen LogP contribution in [0.1, 0.15) is 6.42 Å². The summed E-state index contributed by atoms with van der Waals surface area (Å²) in [5, 5.41) is 5.87. The first-order chi connectivity index (χ1) is 12.8. The molecule has 2 amide bonds. The summed E-state index contributed by atoms with van der Waals surface area (Å²) in [7, 11) is 0. The fourth-order valence-electron chi connectivity index (χ4n) is 3.68. The lowest BCUT2D eigenvalue weighted by Crippen LogP contribution is -2.59. The van der Waals surface area contributed by atoms with Crippen LogP contribution in [0.25, 0.3) is 0 Å². The van der Waals surface area contributed by atoms with E-state index in [1.54, 1.807) is 6.07 Å². The Kier molecular flexibility index (Phi) is 5.14. The zero-order chi connectivity index (χ0) is 17.8. The molecule has 0 aromatic heterocycles. The van der Waals surface area contributed by atoms with Gasteiger partial charge in [0.15, 0.2) is 11.5 Å². The fraction of sp³-hybridized carbons (Fsp3) is 0.611. The average molecular weight is 363 g/mol. The minimum Gasteiger partial charge on any atom is -0.486 e. The molecule has 2 N–H and O–H groups in total. The molecule has 3 aliphatic heterocycles. The maximum absolute atomic E-state index is 12.4. The maximum Gasteiger partial charge on any atom is 0.319 e. The molecule has 142 valence electrons. The van der Waals surface area contributed by atoms with Gasteiger partial charge < -0.3 is 29.6 Å². The molecule has 2 fully saturated rings. The van der Waals surface area contributed by atoms with Gasteiger partial charge in [0.25, 0.3) is 0 Å². The van der Waals surface area contributed by atoms with Crippen molar-refractivity contribution in [3.63, 3.8) is 0 Å². The quantitative estimate of drug-likeness (QED) is 0.833. The number of rotatable bonds is 4. The fourth-order valence-corrected chi connectivity index (χ4v) is 3.68. The zero-order valence-corrected chi connectivity index (χ0v) is 14.8. The Hall–Kier alpha value is -2.03. The molecule has 1 atom stereocenters. The smallest absolute Gasteiger partial charge is 0.319 e. The second kappa shape index (κ2) is 7.69. The largest absolute Gasteiger partial charge is 0.486 e. The molecule has 0 aliphatic carbocycles. The van der Waals surface area contributed by atoms with Crippen LogP contribution < -0.4 is 20.1 Å². The van der Waals surface area contributed by atoms with Crippen molar-refractivity contribution in [1.82, 2.24) is 10.2 Å². The molecule has 0 spiro atoms. The molecule has 0 bridgehead atoms. The molecule has 1 unspecified atom stereocenters. The molecule has 4 rings (SSSR count). The summed E-state index contributed by atoms with van der Waals surface area (Å²) in [5.74, 6) is 1.36. The number of urea groups is 1. The number of morpholine rings is 1. The molecule has 8 heteroatoms. The van der Waals surface area contributed by atoms with Crippen LogP contribution in [0.15, 0.2) is 18.2 Å². The van der Waals surface area contributed by atoms with Gasteiger partial charge in [-0.05, 0) is 18.6 Å². The number of amides is 2. The molecule has 3 heterocycles. The number of anilines is 1. The highest BCUT2D eigenvalue weighted by atomic mass is 16.6. The summed E-state index contributed by atoms with van der Waals surface area (Å²) in [6, 6.07) is 5.17. The van der Waals surface area contributed by atoms with Crippen LogP contribution in [-0.2, 0) is 9.47 Å². The van der Waals surface area contributed by atoms with Crippen LogP contribution in [0.4, 0.5) is 10.5 Å². The van der Waals surface area contributed by atoms with E-state index >= 15 is 0 Å². The van der Waals surface area contributed by atoms with Crippen LogP contribution in [-0.4, -0.2) is 75.7 Å². The number of nitrogens with one attached hydrogen (secondary N) is 2. The lowest BCUT2D eigenvalue weighted by Gasteiger charge is -2.42. The van der Waals surface area contributed by atoms with Gasteiger partial charge in [-0.1, -0.05) is 0 Å². The number of hydrogen-bond donors (Lipinski definition) is 2. The van der Waals surface area contributed by atoms with Crippen molar-refractivity contribution in [2.45, 2.75) is 12.0 Å². The van der Waals surface area contributed by atoms with E-state index < -0.39 is 0 Å². The van der Waals surface area contributed by atoms with Crippen LogP contribution >= 0.6 is 0 Å². The summed E-state index contributed by atoms with van der Waals surface area (Å²) in [5.41, 5.74) is 0.531. The summed E-state index contributed by atoms with van der Waals surface area (Å²) in [6.45, 7) is 6.17. The van der Waals surface area contributed by atoms with Crippen molar-refractivity contribution >= 4 is 11.7 Å². The lowest BCUT2D eigenvalue weighted by molar-refractivity contribution is -0.0245. The lowest BCUT2D eigenvalue weighted by atomic mass is 9.95. The highest BCUT2D eigenvalue weighted by Gasteiger charge is 2.41. The highest BCUT2D eigenvalue weighted by Crippen LogP contribution is 2.32. The number of carbonyl (C=O) groups excluding carboxylic acids is 1. The second-order valence-corrected chi connectivity index (χ2v) is 6.79. The van der Waals surface area contributed by atoms with Gasteiger partial charge in [0.05, 0.1) is 25.4 Å². The molecule has 8 nitrogen and oxygen atoms in total. The molecule has 3 aliphatic rings. The van der Waals surface area contributed by atoms with E-state index in [0.29, 0.717) is 43.6 Å². The Morgan fingerprint density at radius 1 is 1.04 bits per heavy atom. The van der Waals surface area contributed by atoms with Crippen molar-refractivity contribution in [2.75, 3.05) is 64.6 Å². The number of carbonyl (C=O) groups is 1. The number of fused-ring (bicyclic) bond motifs is 1. The highest BCUT2D eigenvalue weighted by molar-refractivity contribution is 5.89.